The highest BCUT2D eigenvalue weighted by Gasteiger charge is 2.33. The highest BCUT2D eigenvalue weighted by atomic mass is 19.1. The van der Waals surface area contributed by atoms with Crippen LogP contribution >= 0.6 is 0 Å². The lowest BCUT2D eigenvalue weighted by atomic mass is 10.2. The molecule has 2 atom stereocenters. The van der Waals surface area contributed by atoms with Crippen LogP contribution in [-0.2, 0) is 17.8 Å². The van der Waals surface area contributed by atoms with Crippen molar-refractivity contribution in [3.05, 3.63) is 41.8 Å². The fraction of sp³-hybridized carbons (Fsp3) is 0.500. The molecule has 1 fully saturated rings. The number of hydrogen-bond acceptors (Lipinski definition) is 6. The van der Waals surface area contributed by atoms with Crippen LogP contribution in [0, 0.1) is 6.92 Å². The molecule has 128 valence electrons. The first kappa shape index (κ1) is 16.5. The molecule has 2 aromatic heterocycles. The largest absolute Gasteiger partial charge is 0.354 e. The normalized spacial score (nSPS) is 21.1. The number of aryl methyl sites for hydroxylation is 1. The van der Waals surface area contributed by atoms with Gasteiger partial charge in [0.05, 0.1) is 13.0 Å². The predicted molar refractivity (Wildman–Crippen MR) is 83.7 cm³/mol. The van der Waals surface area contributed by atoms with Gasteiger partial charge in [-0.05, 0) is 18.1 Å². The van der Waals surface area contributed by atoms with Crippen LogP contribution in [0.4, 0.5) is 4.39 Å². The SMILES string of the molecule is Cc1nc(CN2C[C@@H](F)C[C@H]2CNC(=O)Cc2cccnc2)no1. The molecule has 0 spiro atoms. The second-order valence-electron chi connectivity index (χ2n) is 5.99. The van der Waals surface area contributed by atoms with Crippen LogP contribution in [0.3, 0.4) is 0 Å². The smallest absolute Gasteiger partial charge is 0.224 e. The third-order valence-electron chi connectivity index (χ3n) is 4.01. The third-order valence-corrected chi connectivity index (χ3v) is 4.01. The molecule has 0 aromatic carbocycles. The molecule has 1 aliphatic rings. The van der Waals surface area contributed by atoms with E-state index in [2.05, 4.69) is 20.4 Å². The monoisotopic (exact) mass is 333 g/mol. The van der Waals surface area contributed by atoms with Gasteiger partial charge in [0.15, 0.2) is 5.82 Å². The molecule has 1 saturated heterocycles. The molecule has 7 nitrogen and oxygen atoms in total. The van der Waals surface area contributed by atoms with Gasteiger partial charge < -0.3 is 9.84 Å². The van der Waals surface area contributed by atoms with Crippen molar-refractivity contribution in [2.45, 2.75) is 38.5 Å². The van der Waals surface area contributed by atoms with E-state index in [0.717, 1.165) is 5.56 Å². The zero-order chi connectivity index (χ0) is 16.9. The van der Waals surface area contributed by atoms with Gasteiger partial charge >= 0.3 is 0 Å². The molecular weight excluding hydrogens is 313 g/mol. The Balaban J connectivity index is 1.51. The number of hydrogen-bond donors (Lipinski definition) is 1. The molecule has 0 aliphatic carbocycles. The van der Waals surface area contributed by atoms with E-state index in [0.29, 0.717) is 37.8 Å². The molecule has 1 amide bonds. The summed E-state index contributed by atoms with van der Waals surface area (Å²) >= 11 is 0. The van der Waals surface area contributed by atoms with Crippen LogP contribution < -0.4 is 5.32 Å². The van der Waals surface area contributed by atoms with Gasteiger partial charge in [0.25, 0.3) is 0 Å². The zero-order valence-corrected chi connectivity index (χ0v) is 13.5. The van der Waals surface area contributed by atoms with E-state index in [1.54, 1.807) is 25.4 Å². The summed E-state index contributed by atoms with van der Waals surface area (Å²) in [5.74, 6) is 0.927. The van der Waals surface area contributed by atoms with Crippen molar-refractivity contribution in [1.29, 1.82) is 0 Å². The summed E-state index contributed by atoms with van der Waals surface area (Å²) in [4.78, 5) is 22.1. The average Bonchev–Trinajstić information content (AvgIpc) is 3.12. The fourth-order valence-corrected chi connectivity index (χ4v) is 2.90. The second-order valence-corrected chi connectivity index (χ2v) is 5.99. The summed E-state index contributed by atoms with van der Waals surface area (Å²) in [5, 5.41) is 6.72. The third kappa shape index (κ3) is 4.35. The quantitative estimate of drug-likeness (QED) is 0.850. The number of alkyl halides is 1. The molecule has 3 heterocycles. The molecular formula is C16H20FN5O2. The number of aromatic nitrogens is 3. The number of nitrogens with one attached hydrogen (secondary N) is 1. The van der Waals surface area contributed by atoms with Crippen molar-refractivity contribution >= 4 is 5.91 Å². The number of likely N-dealkylation sites (tertiary alicyclic amines) is 1. The van der Waals surface area contributed by atoms with Crippen LogP contribution in [0.2, 0.25) is 0 Å². The Bertz CT molecular complexity index is 678. The summed E-state index contributed by atoms with van der Waals surface area (Å²) in [6.07, 6.45) is 3.09. The van der Waals surface area contributed by atoms with Gasteiger partial charge in [-0.1, -0.05) is 11.2 Å². The Labute approximate surface area is 139 Å². The second kappa shape index (κ2) is 7.48. The van der Waals surface area contributed by atoms with Crippen LogP contribution in [0.1, 0.15) is 23.7 Å². The first-order valence-corrected chi connectivity index (χ1v) is 7.93. The van der Waals surface area contributed by atoms with E-state index < -0.39 is 6.17 Å². The van der Waals surface area contributed by atoms with Crippen LogP contribution in [0.15, 0.2) is 29.0 Å². The summed E-state index contributed by atoms with van der Waals surface area (Å²) in [6.45, 7) is 2.85. The van der Waals surface area contributed by atoms with Gasteiger partial charge in [-0.2, -0.15) is 4.98 Å². The number of nitrogens with zero attached hydrogens (tertiary/aromatic N) is 4. The molecule has 0 unspecified atom stereocenters. The number of rotatable bonds is 6. The maximum absolute atomic E-state index is 13.8. The lowest BCUT2D eigenvalue weighted by molar-refractivity contribution is -0.120. The maximum atomic E-state index is 13.8. The van der Waals surface area contributed by atoms with Gasteiger partial charge in [0.1, 0.15) is 6.17 Å². The molecule has 24 heavy (non-hydrogen) atoms. The number of carbonyl (C=O) groups is 1. The molecule has 1 aliphatic heterocycles. The van der Waals surface area contributed by atoms with Crippen LogP contribution in [0.25, 0.3) is 0 Å². The van der Waals surface area contributed by atoms with Crippen LogP contribution in [0.5, 0.6) is 0 Å². The Kier molecular flexibility index (Phi) is 5.14. The summed E-state index contributed by atoms with van der Waals surface area (Å²) in [7, 11) is 0. The van der Waals surface area contributed by atoms with E-state index in [1.165, 1.54) is 0 Å². The lowest BCUT2D eigenvalue weighted by Crippen LogP contribution is -2.40. The van der Waals surface area contributed by atoms with Crippen molar-refractivity contribution in [2.75, 3.05) is 13.1 Å². The van der Waals surface area contributed by atoms with E-state index in [-0.39, 0.29) is 18.4 Å². The van der Waals surface area contributed by atoms with Crippen molar-refractivity contribution in [3.63, 3.8) is 0 Å². The minimum Gasteiger partial charge on any atom is -0.354 e. The molecule has 0 radical (unpaired) electrons. The molecule has 0 bridgehead atoms. The average molecular weight is 333 g/mol. The van der Waals surface area contributed by atoms with E-state index in [1.807, 2.05) is 11.0 Å². The Hall–Kier alpha value is -2.35. The number of amides is 1. The fourth-order valence-electron chi connectivity index (χ4n) is 2.90. The molecule has 2 aromatic rings. The highest BCUT2D eigenvalue weighted by molar-refractivity contribution is 5.78. The predicted octanol–water partition coefficient (Wildman–Crippen LogP) is 1.04. The number of halogens is 1. The van der Waals surface area contributed by atoms with Crippen molar-refractivity contribution in [1.82, 2.24) is 25.3 Å². The molecule has 0 saturated carbocycles. The maximum Gasteiger partial charge on any atom is 0.224 e. The highest BCUT2D eigenvalue weighted by Crippen LogP contribution is 2.21. The molecule has 1 N–H and O–H groups in total. The summed E-state index contributed by atoms with van der Waals surface area (Å²) < 4.78 is 18.7. The number of carbonyl (C=O) groups excluding carboxylic acids is 1. The van der Waals surface area contributed by atoms with Gasteiger partial charge in [-0.3, -0.25) is 14.7 Å². The van der Waals surface area contributed by atoms with Gasteiger partial charge in [0, 0.05) is 38.4 Å². The van der Waals surface area contributed by atoms with E-state index >= 15 is 0 Å². The zero-order valence-electron chi connectivity index (χ0n) is 13.5. The standard InChI is InChI=1S/C16H20FN5O2/c1-11-20-15(21-24-11)10-22-9-13(17)6-14(22)8-19-16(23)5-12-3-2-4-18-7-12/h2-4,7,13-14H,5-6,8-10H2,1H3,(H,19,23)/t13-,14-/m0/s1. The topological polar surface area (TPSA) is 84.2 Å². The minimum atomic E-state index is -0.904. The van der Waals surface area contributed by atoms with Gasteiger partial charge in [-0.25, -0.2) is 4.39 Å². The Morgan fingerprint density at radius 2 is 2.42 bits per heavy atom. The van der Waals surface area contributed by atoms with Gasteiger partial charge in [-0.15, -0.1) is 0 Å². The first-order chi connectivity index (χ1) is 11.6. The Morgan fingerprint density at radius 1 is 1.54 bits per heavy atom. The van der Waals surface area contributed by atoms with E-state index in [9.17, 15) is 9.18 Å². The summed E-state index contributed by atoms with van der Waals surface area (Å²) in [5.41, 5.74) is 0.851. The number of pyridine rings is 1. The molecule has 3 rings (SSSR count). The van der Waals surface area contributed by atoms with Crippen LogP contribution in [-0.4, -0.2) is 51.2 Å². The molecule has 8 heteroatoms. The minimum absolute atomic E-state index is 0.0725. The van der Waals surface area contributed by atoms with Crippen molar-refractivity contribution in [3.8, 4) is 0 Å². The van der Waals surface area contributed by atoms with Crippen molar-refractivity contribution in [2.24, 2.45) is 0 Å². The van der Waals surface area contributed by atoms with E-state index in [4.69, 9.17) is 4.52 Å². The summed E-state index contributed by atoms with van der Waals surface area (Å²) in [6, 6.07) is 3.57. The lowest BCUT2D eigenvalue weighted by Gasteiger charge is -2.22. The van der Waals surface area contributed by atoms with Crippen molar-refractivity contribution < 1.29 is 13.7 Å². The van der Waals surface area contributed by atoms with Gasteiger partial charge in [0.2, 0.25) is 11.8 Å². The first-order valence-electron chi connectivity index (χ1n) is 7.93. The Morgan fingerprint density at radius 3 is 3.12 bits per heavy atom.